The van der Waals surface area contributed by atoms with Gasteiger partial charge in [0.05, 0.1) is 12.4 Å². The van der Waals surface area contributed by atoms with Crippen molar-refractivity contribution in [3.8, 4) is 0 Å². The maximum absolute atomic E-state index is 5.80. The summed E-state index contributed by atoms with van der Waals surface area (Å²) in [5, 5.41) is 1.32. The lowest BCUT2D eigenvalue weighted by Gasteiger charge is -2.16. The van der Waals surface area contributed by atoms with Gasteiger partial charge in [-0.15, -0.1) is 11.8 Å². The zero-order valence-corrected chi connectivity index (χ0v) is 12.4. The van der Waals surface area contributed by atoms with Crippen molar-refractivity contribution in [2.24, 2.45) is 0 Å². The van der Waals surface area contributed by atoms with Gasteiger partial charge < -0.3 is 4.90 Å². The summed E-state index contributed by atoms with van der Waals surface area (Å²) in [6, 6.07) is 10.5. The molecule has 1 aromatic heterocycles. The molecule has 0 fully saturated rings. The SMILES string of the molecule is CN(CCSc1cncc(Cl)n1)Cc1ccccc1. The Balaban J connectivity index is 1.73. The van der Waals surface area contributed by atoms with Crippen LogP contribution in [-0.2, 0) is 6.54 Å². The third kappa shape index (κ3) is 5.19. The van der Waals surface area contributed by atoms with Crippen LogP contribution in [0.5, 0.6) is 0 Å². The van der Waals surface area contributed by atoms with Gasteiger partial charge in [0.2, 0.25) is 0 Å². The van der Waals surface area contributed by atoms with Crippen molar-refractivity contribution >= 4 is 23.4 Å². The summed E-state index contributed by atoms with van der Waals surface area (Å²) < 4.78 is 0. The predicted octanol–water partition coefficient (Wildman–Crippen LogP) is 3.35. The zero-order chi connectivity index (χ0) is 13.5. The van der Waals surface area contributed by atoms with Gasteiger partial charge in [0.25, 0.3) is 0 Å². The second-order valence-electron chi connectivity index (χ2n) is 4.25. The lowest BCUT2D eigenvalue weighted by Crippen LogP contribution is -2.20. The van der Waals surface area contributed by atoms with Crippen molar-refractivity contribution in [1.29, 1.82) is 0 Å². The van der Waals surface area contributed by atoms with Crippen molar-refractivity contribution in [2.45, 2.75) is 11.6 Å². The van der Waals surface area contributed by atoms with E-state index in [0.717, 1.165) is 23.9 Å². The van der Waals surface area contributed by atoms with Gasteiger partial charge in [-0.2, -0.15) is 0 Å². The van der Waals surface area contributed by atoms with Crippen LogP contribution in [0.4, 0.5) is 0 Å². The van der Waals surface area contributed by atoms with E-state index < -0.39 is 0 Å². The van der Waals surface area contributed by atoms with Crippen molar-refractivity contribution in [1.82, 2.24) is 14.9 Å². The van der Waals surface area contributed by atoms with Crippen LogP contribution in [-0.4, -0.2) is 34.2 Å². The summed E-state index contributed by atoms with van der Waals surface area (Å²) in [6.07, 6.45) is 3.29. The minimum absolute atomic E-state index is 0.447. The highest BCUT2D eigenvalue weighted by molar-refractivity contribution is 7.99. The Hall–Kier alpha value is -1.10. The molecule has 1 aromatic carbocycles. The topological polar surface area (TPSA) is 29.0 Å². The second kappa shape index (κ2) is 7.48. The van der Waals surface area contributed by atoms with Gasteiger partial charge in [0.15, 0.2) is 0 Å². The van der Waals surface area contributed by atoms with Crippen molar-refractivity contribution in [3.63, 3.8) is 0 Å². The van der Waals surface area contributed by atoms with Crippen LogP contribution >= 0.6 is 23.4 Å². The van der Waals surface area contributed by atoms with Gasteiger partial charge in [0.1, 0.15) is 10.2 Å². The van der Waals surface area contributed by atoms with Crippen LogP contribution in [0.2, 0.25) is 5.15 Å². The minimum atomic E-state index is 0.447. The number of aromatic nitrogens is 2. The normalized spacial score (nSPS) is 10.9. The smallest absolute Gasteiger partial charge is 0.148 e. The molecule has 0 unspecified atom stereocenters. The quantitative estimate of drug-likeness (QED) is 0.764. The van der Waals surface area contributed by atoms with E-state index in [-0.39, 0.29) is 0 Å². The first kappa shape index (κ1) is 14.3. The third-order valence-corrected chi connectivity index (χ3v) is 3.66. The van der Waals surface area contributed by atoms with E-state index in [4.69, 9.17) is 11.6 Å². The van der Waals surface area contributed by atoms with Crippen molar-refractivity contribution in [2.75, 3.05) is 19.3 Å². The molecule has 0 spiro atoms. The molecule has 0 saturated heterocycles. The highest BCUT2D eigenvalue weighted by Crippen LogP contribution is 2.16. The standard InChI is InChI=1S/C14H16ClN3S/c1-18(11-12-5-3-2-4-6-12)7-8-19-14-10-16-9-13(15)17-14/h2-6,9-10H,7-8,11H2,1H3. The number of hydrogen-bond donors (Lipinski definition) is 0. The molecule has 3 nitrogen and oxygen atoms in total. The minimum Gasteiger partial charge on any atom is -0.301 e. The molecule has 0 bridgehead atoms. The van der Waals surface area contributed by atoms with E-state index >= 15 is 0 Å². The molecule has 0 atom stereocenters. The Labute approximate surface area is 123 Å². The number of nitrogens with zero attached hydrogens (tertiary/aromatic N) is 3. The lowest BCUT2D eigenvalue weighted by atomic mass is 10.2. The number of rotatable bonds is 6. The molecule has 0 aliphatic carbocycles. The molecule has 1 heterocycles. The van der Waals surface area contributed by atoms with E-state index in [0.29, 0.717) is 5.15 Å². The Morgan fingerprint density at radius 3 is 2.74 bits per heavy atom. The molecule has 0 N–H and O–H groups in total. The van der Waals surface area contributed by atoms with Gasteiger partial charge in [0, 0.05) is 18.8 Å². The maximum atomic E-state index is 5.80. The highest BCUT2D eigenvalue weighted by Gasteiger charge is 2.02. The van der Waals surface area contributed by atoms with Crippen molar-refractivity contribution < 1.29 is 0 Å². The first-order valence-corrected chi connectivity index (χ1v) is 7.43. The van der Waals surface area contributed by atoms with Gasteiger partial charge >= 0.3 is 0 Å². The Morgan fingerprint density at radius 1 is 1.21 bits per heavy atom. The predicted molar refractivity (Wildman–Crippen MR) is 80.5 cm³/mol. The van der Waals surface area contributed by atoms with Crippen LogP contribution in [0.15, 0.2) is 47.8 Å². The fourth-order valence-corrected chi connectivity index (χ4v) is 2.78. The summed E-state index contributed by atoms with van der Waals surface area (Å²) >= 11 is 7.47. The first-order chi connectivity index (χ1) is 9.24. The molecule has 0 radical (unpaired) electrons. The summed E-state index contributed by atoms with van der Waals surface area (Å²) in [5.41, 5.74) is 1.33. The summed E-state index contributed by atoms with van der Waals surface area (Å²) in [6.45, 7) is 1.95. The van der Waals surface area contributed by atoms with Crippen LogP contribution in [0.25, 0.3) is 0 Å². The van der Waals surface area contributed by atoms with Crippen LogP contribution in [0.1, 0.15) is 5.56 Å². The zero-order valence-electron chi connectivity index (χ0n) is 10.8. The number of hydrogen-bond acceptors (Lipinski definition) is 4. The molecule has 100 valence electrons. The van der Waals surface area contributed by atoms with Crippen LogP contribution in [0.3, 0.4) is 0 Å². The Bertz CT molecular complexity index is 507. The van der Waals surface area contributed by atoms with Gasteiger partial charge in [-0.05, 0) is 12.6 Å². The maximum Gasteiger partial charge on any atom is 0.148 e. The molecule has 5 heteroatoms. The van der Waals surface area contributed by atoms with Gasteiger partial charge in [-0.25, -0.2) is 4.98 Å². The number of thioether (sulfide) groups is 1. The van der Waals surface area contributed by atoms with E-state index in [1.807, 2.05) is 6.07 Å². The highest BCUT2D eigenvalue weighted by atomic mass is 35.5. The summed E-state index contributed by atoms with van der Waals surface area (Å²) in [4.78, 5) is 10.5. The van der Waals surface area contributed by atoms with Gasteiger partial charge in [-0.1, -0.05) is 41.9 Å². The van der Waals surface area contributed by atoms with E-state index in [1.54, 1.807) is 24.2 Å². The summed E-state index contributed by atoms with van der Waals surface area (Å²) in [5.74, 6) is 0.971. The molecular formula is C14H16ClN3S. The average molecular weight is 294 g/mol. The number of halogens is 1. The first-order valence-electron chi connectivity index (χ1n) is 6.07. The monoisotopic (exact) mass is 293 g/mol. The van der Waals surface area contributed by atoms with Crippen LogP contribution in [0, 0.1) is 0 Å². The fraction of sp³-hybridized carbons (Fsp3) is 0.286. The molecule has 2 rings (SSSR count). The molecule has 0 saturated carbocycles. The largest absolute Gasteiger partial charge is 0.301 e. The molecule has 19 heavy (non-hydrogen) atoms. The molecular weight excluding hydrogens is 278 g/mol. The van der Waals surface area contributed by atoms with Crippen molar-refractivity contribution in [3.05, 3.63) is 53.4 Å². The summed E-state index contributed by atoms with van der Waals surface area (Å²) in [7, 11) is 2.12. The Kier molecular flexibility index (Phi) is 5.63. The second-order valence-corrected chi connectivity index (χ2v) is 5.75. The molecule has 2 aromatic rings. The third-order valence-electron chi connectivity index (χ3n) is 2.60. The van der Waals surface area contributed by atoms with Gasteiger partial charge in [-0.3, -0.25) is 4.98 Å². The van der Waals surface area contributed by atoms with E-state index in [9.17, 15) is 0 Å². The molecule has 0 amide bonds. The number of benzene rings is 1. The van der Waals surface area contributed by atoms with E-state index in [2.05, 4.69) is 46.2 Å². The molecule has 0 aliphatic heterocycles. The van der Waals surface area contributed by atoms with Crippen LogP contribution < -0.4 is 0 Å². The lowest BCUT2D eigenvalue weighted by molar-refractivity contribution is 0.348. The average Bonchev–Trinajstić information content (AvgIpc) is 2.40. The Morgan fingerprint density at radius 2 is 2.00 bits per heavy atom. The molecule has 0 aliphatic rings. The fourth-order valence-electron chi connectivity index (χ4n) is 1.68. The van der Waals surface area contributed by atoms with E-state index in [1.165, 1.54) is 5.56 Å².